The normalized spacial score (nSPS) is 11.0. The molecule has 0 atom stereocenters. The molecule has 3 aromatic heterocycles. The van der Waals surface area contributed by atoms with Crippen LogP contribution >= 0.6 is 11.6 Å². The van der Waals surface area contributed by atoms with Crippen LogP contribution in [0.15, 0.2) is 53.4 Å². The first-order valence-electron chi connectivity index (χ1n) is 7.35. The zero-order chi connectivity index (χ0) is 16.4. The lowest BCUT2D eigenvalue weighted by Gasteiger charge is -2.05. The smallest absolute Gasteiger partial charge is 0.184 e. The molecule has 0 saturated heterocycles. The van der Waals surface area contributed by atoms with Gasteiger partial charge in [-0.15, -0.1) is 5.10 Å². The lowest BCUT2D eigenvalue weighted by atomic mass is 10.2. The molecule has 1 N–H and O–H groups in total. The minimum atomic E-state index is 0.491. The number of nitrogens with zero attached hydrogens (tertiary/aromatic N) is 5. The number of hydrogen-bond acceptors (Lipinski definition) is 6. The molecule has 0 aliphatic rings. The van der Waals surface area contributed by atoms with Crippen LogP contribution < -0.4 is 5.32 Å². The summed E-state index contributed by atoms with van der Waals surface area (Å²) in [5.74, 6) is 1.42. The highest BCUT2D eigenvalue weighted by molar-refractivity contribution is 6.31. The summed E-state index contributed by atoms with van der Waals surface area (Å²) < 4.78 is 7.01. The predicted molar refractivity (Wildman–Crippen MR) is 89.7 cm³/mol. The maximum Gasteiger partial charge on any atom is 0.184 e. The van der Waals surface area contributed by atoms with Gasteiger partial charge in [-0.1, -0.05) is 35.0 Å². The minimum absolute atomic E-state index is 0.491. The second-order valence-electron chi connectivity index (χ2n) is 5.17. The molecule has 4 rings (SSSR count). The van der Waals surface area contributed by atoms with Gasteiger partial charge in [0.2, 0.25) is 0 Å². The average molecular weight is 341 g/mol. The van der Waals surface area contributed by atoms with Crippen molar-refractivity contribution in [3.63, 3.8) is 0 Å². The van der Waals surface area contributed by atoms with Crippen molar-refractivity contribution in [3.8, 4) is 0 Å². The maximum atomic E-state index is 6.21. The number of hydrogen-bond donors (Lipinski definition) is 1. The Balaban J connectivity index is 1.62. The molecule has 0 spiro atoms. The van der Waals surface area contributed by atoms with E-state index in [9.17, 15) is 0 Å². The number of fused-ring (bicyclic) bond motifs is 1. The third kappa shape index (κ3) is 2.81. The molecular weight excluding hydrogens is 328 g/mol. The number of rotatable bonds is 5. The zero-order valence-corrected chi connectivity index (χ0v) is 13.3. The van der Waals surface area contributed by atoms with Crippen LogP contribution in [0.5, 0.6) is 0 Å². The van der Waals surface area contributed by atoms with E-state index in [-0.39, 0.29) is 0 Å². The third-order valence-corrected chi connectivity index (χ3v) is 3.96. The number of aromatic nitrogens is 5. The van der Waals surface area contributed by atoms with Crippen LogP contribution in [0.25, 0.3) is 11.2 Å². The average Bonchev–Trinajstić information content (AvgIpc) is 3.25. The first-order chi connectivity index (χ1) is 11.8. The molecule has 0 aliphatic carbocycles. The number of anilines is 1. The largest absolute Gasteiger partial charge is 0.467 e. The standard InChI is InChI=1S/C16H13ClN6O/c17-13-6-2-1-4-11(13)9-23-16-14(21-22-23)15(19-10-20-16)18-8-12-5-3-7-24-12/h1-7,10H,8-9H2,(H,18,19,20). The molecule has 24 heavy (non-hydrogen) atoms. The van der Waals surface area contributed by atoms with Crippen LogP contribution in [0.4, 0.5) is 5.82 Å². The summed E-state index contributed by atoms with van der Waals surface area (Å²) in [5, 5.41) is 12.3. The van der Waals surface area contributed by atoms with E-state index in [4.69, 9.17) is 16.0 Å². The van der Waals surface area contributed by atoms with Gasteiger partial charge >= 0.3 is 0 Å². The first kappa shape index (κ1) is 14.6. The van der Waals surface area contributed by atoms with E-state index in [1.807, 2.05) is 36.4 Å². The van der Waals surface area contributed by atoms with Gasteiger partial charge in [0.05, 0.1) is 19.4 Å². The summed E-state index contributed by atoms with van der Waals surface area (Å²) in [6, 6.07) is 11.4. The fraction of sp³-hybridized carbons (Fsp3) is 0.125. The Bertz CT molecular complexity index is 966. The highest BCUT2D eigenvalue weighted by atomic mass is 35.5. The molecule has 0 aliphatic heterocycles. The summed E-state index contributed by atoms with van der Waals surface area (Å²) in [7, 11) is 0. The van der Waals surface area contributed by atoms with Gasteiger partial charge in [0, 0.05) is 5.02 Å². The maximum absolute atomic E-state index is 6.21. The Morgan fingerprint density at radius 3 is 2.88 bits per heavy atom. The Labute approximate surface area is 142 Å². The van der Waals surface area contributed by atoms with Crippen LogP contribution in [0.3, 0.4) is 0 Å². The van der Waals surface area contributed by atoms with Gasteiger partial charge in [0.15, 0.2) is 17.0 Å². The highest BCUT2D eigenvalue weighted by Crippen LogP contribution is 2.20. The molecule has 8 heteroatoms. The zero-order valence-electron chi connectivity index (χ0n) is 12.6. The van der Waals surface area contributed by atoms with E-state index in [0.29, 0.717) is 35.1 Å². The monoisotopic (exact) mass is 340 g/mol. The Kier molecular flexibility index (Phi) is 3.84. The summed E-state index contributed by atoms with van der Waals surface area (Å²) >= 11 is 6.21. The lowest BCUT2D eigenvalue weighted by molar-refractivity contribution is 0.518. The molecular formula is C16H13ClN6O. The van der Waals surface area contributed by atoms with E-state index in [1.54, 1.807) is 10.9 Å². The quantitative estimate of drug-likeness (QED) is 0.601. The number of furan rings is 1. The fourth-order valence-corrected chi connectivity index (χ4v) is 2.59. The Hall–Kier alpha value is -2.93. The molecule has 0 amide bonds. The van der Waals surface area contributed by atoms with Crippen molar-refractivity contribution in [1.82, 2.24) is 25.0 Å². The molecule has 120 valence electrons. The van der Waals surface area contributed by atoms with E-state index < -0.39 is 0 Å². The molecule has 0 saturated carbocycles. The number of benzene rings is 1. The third-order valence-electron chi connectivity index (χ3n) is 3.59. The summed E-state index contributed by atoms with van der Waals surface area (Å²) in [6.45, 7) is 1.00. The Morgan fingerprint density at radius 1 is 1.12 bits per heavy atom. The van der Waals surface area contributed by atoms with Crippen molar-refractivity contribution in [2.24, 2.45) is 0 Å². The van der Waals surface area contributed by atoms with Gasteiger partial charge in [-0.3, -0.25) is 0 Å². The van der Waals surface area contributed by atoms with Gasteiger partial charge in [0.1, 0.15) is 12.1 Å². The van der Waals surface area contributed by atoms with Crippen LogP contribution in [0.2, 0.25) is 5.02 Å². The second-order valence-corrected chi connectivity index (χ2v) is 5.57. The van der Waals surface area contributed by atoms with Crippen molar-refractivity contribution < 1.29 is 4.42 Å². The van der Waals surface area contributed by atoms with Crippen LogP contribution in [0.1, 0.15) is 11.3 Å². The summed E-state index contributed by atoms with van der Waals surface area (Å²) in [4.78, 5) is 8.53. The predicted octanol–water partition coefficient (Wildman–Crippen LogP) is 3.13. The molecule has 4 aromatic rings. The van der Waals surface area contributed by atoms with E-state index in [1.165, 1.54) is 6.33 Å². The lowest BCUT2D eigenvalue weighted by Crippen LogP contribution is -2.05. The second kappa shape index (κ2) is 6.29. The molecule has 3 heterocycles. The van der Waals surface area contributed by atoms with Gasteiger partial charge in [-0.25, -0.2) is 14.6 Å². The highest BCUT2D eigenvalue weighted by Gasteiger charge is 2.13. The van der Waals surface area contributed by atoms with Gasteiger partial charge < -0.3 is 9.73 Å². The van der Waals surface area contributed by atoms with Gasteiger partial charge in [0.25, 0.3) is 0 Å². The van der Waals surface area contributed by atoms with Crippen molar-refractivity contribution in [2.45, 2.75) is 13.1 Å². The number of nitrogens with one attached hydrogen (secondary N) is 1. The molecule has 0 radical (unpaired) electrons. The topological polar surface area (TPSA) is 81.7 Å². The van der Waals surface area contributed by atoms with E-state index in [0.717, 1.165) is 11.3 Å². The van der Waals surface area contributed by atoms with E-state index >= 15 is 0 Å². The minimum Gasteiger partial charge on any atom is -0.467 e. The van der Waals surface area contributed by atoms with E-state index in [2.05, 4.69) is 25.6 Å². The molecule has 0 unspecified atom stereocenters. The Morgan fingerprint density at radius 2 is 2.04 bits per heavy atom. The van der Waals surface area contributed by atoms with Gasteiger partial charge in [-0.05, 0) is 23.8 Å². The SMILES string of the molecule is Clc1ccccc1Cn1nnc2c(NCc3ccco3)ncnc21. The molecule has 7 nitrogen and oxygen atoms in total. The van der Waals surface area contributed by atoms with Crippen LogP contribution in [-0.2, 0) is 13.1 Å². The molecule has 0 bridgehead atoms. The number of halogens is 1. The molecule has 0 fully saturated rings. The summed E-state index contributed by atoms with van der Waals surface area (Å²) in [5.41, 5.74) is 2.21. The molecule has 1 aromatic carbocycles. The fourth-order valence-electron chi connectivity index (χ4n) is 2.40. The first-order valence-corrected chi connectivity index (χ1v) is 7.73. The van der Waals surface area contributed by atoms with Crippen molar-refractivity contribution in [1.29, 1.82) is 0 Å². The summed E-state index contributed by atoms with van der Waals surface area (Å²) in [6.07, 6.45) is 3.12. The van der Waals surface area contributed by atoms with Crippen LogP contribution in [-0.4, -0.2) is 25.0 Å². The van der Waals surface area contributed by atoms with Crippen molar-refractivity contribution in [3.05, 3.63) is 65.3 Å². The van der Waals surface area contributed by atoms with Gasteiger partial charge in [-0.2, -0.15) is 0 Å². The van der Waals surface area contributed by atoms with Crippen molar-refractivity contribution >= 4 is 28.6 Å². The van der Waals surface area contributed by atoms with Crippen molar-refractivity contribution in [2.75, 3.05) is 5.32 Å². The van der Waals surface area contributed by atoms with Crippen LogP contribution in [0, 0.1) is 0 Å².